The lowest BCUT2D eigenvalue weighted by atomic mass is 10.2. The molecule has 0 unspecified atom stereocenters. The Morgan fingerprint density at radius 2 is 2.12 bits per heavy atom. The van der Waals surface area contributed by atoms with Crippen molar-refractivity contribution >= 4 is 35.8 Å². The van der Waals surface area contributed by atoms with Crippen molar-refractivity contribution in [3.63, 3.8) is 0 Å². The number of thiol groups is 1. The Bertz CT molecular complexity index is 407. The molecule has 0 spiro atoms. The molecule has 0 aliphatic carbocycles. The van der Waals surface area contributed by atoms with Crippen LogP contribution in [0.1, 0.15) is 13.3 Å². The van der Waals surface area contributed by atoms with Crippen molar-refractivity contribution in [2.45, 2.75) is 13.3 Å². The van der Waals surface area contributed by atoms with Crippen LogP contribution in [0.25, 0.3) is 0 Å². The van der Waals surface area contributed by atoms with Crippen molar-refractivity contribution in [1.82, 2.24) is 0 Å². The minimum atomic E-state index is -0.322. The lowest BCUT2D eigenvalue weighted by Gasteiger charge is -2.19. The van der Waals surface area contributed by atoms with E-state index in [9.17, 15) is 9.59 Å². The third-order valence-electron chi connectivity index (χ3n) is 2.02. The second kappa shape index (κ2) is 5.55. The summed E-state index contributed by atoms with van der Waals surface area (Å²) in [5.41, 5.74) is 6.62. The molecule has 4 nitrogen and oxygen atoms in total. The first-order chi connectivity index (χ1) is 7.56. The Kier molecular flexibility index (Phi) is 4.37. The molecular weight excluding hydrogens is 224 g/mol. The molecule has 0 heterocycles. The van der Waals surface area contributed by atoms with E-state index in [1.165, 1.54) is 6.92 Å². The van der Waals surface area contributed by atoms with Gasteiger partial charge in [0.15, 0.2) is 0 Å². The highest BCUT2D eigenvalue weighted by atomic mass is 32.1. The van der Waals surface area contributed by atoms with Gasteiger partial charge in [-0.1, -0.05) is 6.07 Å². The molecule has 0 radical (unpaired) electrons. The van der Waals surface area contributed by atoms with E-state index in [0.29, 0.717) is 17.1 Å². The van der Waals surface area contributed by atoms with Gasteiger partial charge in [-0.15, -0.1) is 0 Å². The standard InChI is InChI=1S/C11H14N2O2S/c1-8(14)13(11(15)5-6-16)10-4-2-3-9(12)7-10/h2-4,7,16H,5-6,12H2,1H3. The maximum atomic E-state index is 11.7. The Morgan fingerprint density at radius 1 is 1.44 bits per heavy atom. The number of nitrogens with two attached hydrogens (primary N) is 1. The van der Waals surface area contributed by atoms with Crippen molar-refractivity contribution in [3.8, 4) is 0 Å². The van der Waals surface area contributed by atoms with E-state index in [1.54, 1.807) is 24.3 Å². The van der Waals surface area contributed by atoms with Gasteiger partial charge in [-0.3, -0.25) is 14.5 Å². The van der Waals surface area contributed by atoms with Crippen LogP contribution in [0.3, 0.4) is 0 Å². The van der Waals surface area contributed by atoms with Crippen LogP contribution in [0.4, 0.5) is 11.4 Å². The summed E-state index contributed by atoms with van der Waals surface area (Å²) in [7, 11) is 0. The molecule has 0 saturated carbocycles. The molecule has 1 rings (SSSR count). The van der Waals surface area contributed by atoms with Crippen LogP contribution < -0.4 is 10.6 Å². The normalized spacial score (nSPS) is 9.88. The summed E-state index contributed by atoms with van der Waals surface area (Å²) in [6.07, 6.45) is 0.220. The van der Waals surface area contributed by atoms with E-state index in [-0.39, 0.29) is 18.2 Å². The number of imide groups is 1. The number of amides is 2. The molecule has 1 aromatic carbocycles. The Morgan fingerprint density at radius 3 is 2.62 bits per heavy atom. The van der Waals surface area contributed by atoms with Gasteiger partial charge in [0.2, 0.25) is 11.8 Å². The summed E-state index contributed by atoms with van der Waals surface area (Å²) in [5, 5.41) is 0. The lowest BCUT2D eigenvalue weighted by molar-refractivity contribution is -0.125. The van der Waals surface area contributed by atoms with Gasteiger partial charge in [0, 0.05) is 19.0 Å². The number of anilines is 2. The number of nitrogen functional groups attached to an aromatic ring is 1. The molecule has 5 heteroatoms. The van der Waals surface area contributed by atoms with Gasteiger partial charge in [0.1, 0.15) is 0 Å². The average Bonchev–Trinajstić information content (AvgIpc) is 2.17. The van der Waals surface area contributed by atoms with Crippen molar-refractivity contribution in [1.29, 1.82) is 0 Å². The fraction of sp³-hybridized carbons (Fsp3) is 0.273. The predicted molar refractivity (Wildman–Crippen MR) is 67.5 cm³/mol. The van der Waals surface area contributed by atoms with Crippen LogP contribution in [0, 0.1) is 0 Å². The molecule has 0 saturated heterocycles. The van der Waals surface area contributed by atoms with Crippen LogP contribution in [-0.4, -0.2) is 17.6 Å². The molecule has 0 aliphatic rings. The first-order valence-corrected chi connectivity index (χ1v) is 5.49. The summed E-state index contributed by atoms with van der Waals surface area (Å²) >= 11 is 3.97. The lowest BCUT2D eigenvalue weighted by Crippen LogP contribution is -2.35. The van der Waals surface area contributed by atoms with Crippen LogP contribution in [0.5, 0.6) is 0 Å². The Hall–Kier alpha value is -1.49. The number of hydrogen-bond acceptors (Lipinski definition) is 4. The van der Waals surface area contributed by atoms with Crippen molar-refractivity contribution < 1.29 is 9.59 Å². The number of benzene rings is 1. The maximum Gasteiger partial charge on any atom is 0.234 e. The van der Waals surface area contributed by atoms with E-state index in [1.807, 2.05) is 0 Å². The predicted octanol–water partition coefficient (Wildman–Crippen LogP) is 1.47. The molecule has 0 atom stereocenters. The van der Waals surface area contributed by atoms with E-state index in [0.717, 1.165) is 4.90 Å². The number of carbonyl (C=O) groups is 2. The summed E-state index contributed by atoms with van der Waals surface area (Å²) in [4.78, 5) is 24.2. The topological polar surface area (TPSA) is 63.4 Å². The van der Waals surface area contributed by atoms with Gasteiger partial charge in [0.25, 0.3) is 0 Å². The number of hydrogen-bond donors (Lipinski definition) is 2. The molecule has 16 heavy (non-hydrogen) atoms. The molecule has 0 aromatic heterocycles. The van der Waals surface area contributed by atoms with Gasteiger partial charge in [0.05, 0.1) is 5.69 Å². The van der Waals surface area contributed by atoms with E-state index < -0.39 is 0 Å². The maximum absolute atomic E-state index is 11.7. The molecule has 1 aromatic rings. The first-order valence-electron chi connectivity index (χ1n) is 4.86. The smallest absolute Gasteiger partial charge is 0.234 e. The monoisotopic (exact) mass is 238 g/mol. The Balaban J connectivity index is 3.03. The second-order valence-corrected chi connectivity index (χ2v) is 3.76. The third-order valence-corrected chi connectivity index (χ3v) is 2.24. The van der Waals surface area contributed by atoms with Crippen molar-refractivity contribution in [2.24, 2.45) is 0 Å². The first kappa shape index (κ1) is 12.6. The zero-order valence-corrected chi connectivity index (χ0v) is 9.91. The summed E-state index contributed by atoms with van der Waals surface area (Å²) in [6, 6.07) is 6.67. The number of carbonyl (C=O) groups excluding carboxylic acids is 2. The van der Waals surface area contributed by atoms with Crippen LogP contribution in [-0.2, 0) is 9.59 Å². The second-order valence-electron chi connectivity index (χ2n) is 3.32. The molecule has 0 fully saturated rings. The summed E-state index contributed by atoms with van der Waals surface area (Å²) in [5.74, 6) is -0.184. The molecular formula is C11H14N2O2S. The molecule has 0 bridgehead atoms. The molecule has 86 valence electrons. The van der Waals surface area contributed by atoms with E-state index in [2.05, 4.69) is 12.6 Å². The highest BCUT2D eigenvalue weighted by Crippen LogP contribution is 2.18. The molecule has 2 N–H and O–H groups in total. The van der Waals surface area contributed by atoms with Gasteiger partial charge in [-0.05, 0) is 24.0 Å². The van der Waals surface area contributed by atoms with Gasteiger partial charge < -0.3 is 5.73 Å². The summed E-state index contributed by atoms with van der Waals surface area (Å²) < 4.78 is 0. The SMILES string of the molecule is CC(=O)N(C(=O)CCS)c1cccc(N)c1. The van der Waals surface area contributed by atoms with Crippen molar-refractivity contribution in [2.75, 3.05) is 16.4 Å². The van der Waals surface area contributed by atoms with E-state index in [4.69, 9.17) is 5.73 Å². The van der Waals surface area contributed by atoms with Gasteiger partial charge in [-0.25, -0.2) is 0 Å². The van der Waals surface area contributed by atoms with Crippen molar-refractivity contribution in [3.05, 3.63) is 24.3 Å². The third kappa shape index (κ3) is 3.00. The molecule has 0 aliphatic heterocycles. The van der Waals surface area contributed by atoms with Crippen LogP contribution >= 0.6 is 12.6 Å². The number of nitrogens with zero attached hydrogens (tertiary/aromatic N) is 1. The molecule has 2 amide bonds. The minimum Gasteiger partial charge on any atom is -0.399 e. The largest absolute Gasteiger partial charge is 0.399 e. The van der Waals surface area contributed by atoms with Gasteiger partial charge in [-0.2, -0.15) is 12.6 Å². The highest BCUT2D eigenvalue weighted by Gasteiger charge is 2.19. The number of rotatable bonds is 3. The highest BCUT2D eigenvalue weighted by molar-refractivity contribution is 7.80. The van der Waals surface area contributed by atoms with E-state index >= 15 is 0 Å². The Labute approximate surface area is 99.8 Å². The average molecular weight is 238 g/mol. The zero-order valence-electron chi connectivity index (χ0n) is 9.01. The quantitative estimate of drug-likeness (QED) is 0.619. The fourth-order valence-electron chi connectivity index (χ4n) is 1.37. The van der Waals surface area contributed by atoms with Gasteiger partial charge >= 0.3 is 0 Å². The minimum absolute atomic E-state index is 0.220. The van der Waals surface area contributed by atoms with Crippen LogP contribution in [0.15, 0.2) is 24.3 Å². The zero-order chi connectivity index (χ0) is 12.1. The fourth-order valence-corrected chi connectivity index (χ4v) is 1.56. The van der Waals surface area contributed by atoms with Crippen LogP contribution in [0.2, 0.25) is 0 Å². The summed E-state index contributed by atoms with van der Waals surface area (Å²) in [6.45, 7) is 1.35.